The lowest BCUT2D eigenvalue weighted by Crippen LogP contribution is -2.40. The van der Waals surface area contributed by atoms with Crippen LogP contribution in [-0.2, 0) is 9.53 Å². The van der Waals surface area contributed by atoms with Crippen molar-refractivity contribution >= 4 is 17.8 Å². The summed E-state index contributed by atoms with van der Waals surface area (Å²) in [5.41, 5.74) is 2.17. The Morgan fingerprint density at radius 3 is 2.29 bits per heavy atom. The maximum Gasteiger partial charge on any atom is 0.340 e. The molecule has 0 saturated carbocycles. The van der Waals surface area contributed by atoms with Crippen LogP contribution in [0.15, 0.2) is 0 Å². The highest BCUT2D eigenvalue weighted by Crippen LogP contribution is 2.25. The molecule has 7 nitrogen and oxygen atoms in total. The maximum atomic E-state index is 13.0. The Balaban J connectivity index is 2.00. The lowest BCUT2D eigenvalue weighted by molar-refractivity contribution is -0.122. The van der Waals surface area contributed by atoms with Crippen LogP contribution >= 0.6 is 0 Å². The summed E-state index contributed by atoms with van der Waals surface area (Å²) in [6.45, 7) is 12.3. The van der Waals surface area contributed by atoms with E-state index in [0.29, 0.717) is 47.9 Å². The number of carbonyl (C=O) groups excluding carboxylic acids is 3. The average Bonchev–Trinajstić information content (AvgIpc) is 2.88. The predicted octanol–water partition coefficient (Wildman–Crippen LogP) is 2.96. The van der Waals surface area contributed by atoms with E-state index in [9.17, 15) is 14.4 Å². The van der Waals surface area contributed by atoms with E-state index in [1.54, 1.807) is 32.6 Å². The van der Waals surface area contributed by atoms with E-state index in [2.05, 4.69) is 10.3 Å². The van der Waals surface area contributed by atoms with Gasteiger partial charge in [-0.15, -0.1) is 0 Å². The first kappa shape index (κ1) is 22.0. The van der Waals surface area contributed by atoms with Gasteiger partial charge in [-0.2, -0.15) is 0 Å². The molecular formula is C21H33N3O4. The van der Waals surface area contributed by atoms with E-state index in [-0.39, 0.29) is 24.0 Å². The van der Waals surface area contributed by atoms with Crippen molar-refractivity contribution in [3.63, 3.8) is 0 Å². The van der Waals surface area contributed by atoms with E-state index in [1.165, 1.54) is 0 Å². The third-order valence-corrected chi connectivity index (χ3v) is 5.02. The highest BCUT2D eigenvalue weighted by molar-refractivity contribution is 6.00. The molecule has 1 aliphatic rings. The minimum Gasteiger partial charge on any atom is -0.459 e. The molecule has 0 aliphatic carbocycles. The molecule has 2 N–H and O–H groups in total. The molecule has 0 radical (unpaired) electrons. The van der Waals surface area contributed by atoms with E-state index >= 15 is 0 Å². The molecule has 28 heavy (non-hydrogen) atoms. The summed E-state index contributed by atoms with van der Waals surface area (Å²) < 4.78 is 5.29. The summed E-state index contributed by atoms with van der Waals surface area (Å²) >= 11 is 0. The topological polar surface area (TPSA) is 91.5 Å². The fourth-order valence-corrected chi connectivity index (χ4v) is 3.68. The number of nitrogens with zero attached hydrogens (tertiary/aromatic N) is 1. The molecule has 1 aliphatic heterocycles. The van der Waals surface area contributed by atoms with Crippen LogP contribution in [0.1, 0.15) is 79.1 Å². The molecule has 1 aromatic rings. The van der Waals surface area contributed by atoms with Crippen LogP contribution in [0.2, 0.25) is 0 Å². The van der Waals surface area contributed by atoms with Crippen molar-refractivity contribution in [3.8, 4) is 0 Å². The van der Waals surface area contributed by atoms with Gasteiger partial charge in [0.15, 0.2) is 0 Å². The predicted molar refractivity (Wildman–Crippen MR) is 107 cm³/mol. The van der Waals surface area contributed by atoms with Gasteiger partial charge < -0.3 is 19.9 Å². The highest BCUT2D eigenvalue weighted by Gasteiger charge is 2.29. The Kier molecular flexibility index (Phi) is 7.27. The molecule has 1 aromatic heterocycles. The fourth-order valence-electron chi connectivity index (χ4n) is 3.68. The first-order chi connectivity index (χ1) is 13.1. The zero-order valence-corrected chi connectivity index (χ0v) is 17.8. The number of piperidine rings is 1. The van der Waals surface area contributed by atoms with Crippen LogP contribution in [0.25, 0.3) is 0 Å². The number of rotatable bonds is 6. The first-order valence-corrected chi connectivity index (χ1v) is 10.1. The van der Waals surface area contributed by atoms with Gasteiger partial charge in [-0.1, -0.05) is 0 Å². The van der Waals surface area contributed by atoms with Crippen molar-refractivity contribution in [2.75, 3.05) is 13.1 Å². The van der Waals surface area contributed by atoms with Crippen LogP contribution in [0.4, 0.5) is 0 Å². The second-order valence-electron chi connectivity index (χ2n) is 8.24. The number of aromatic amines is 1. The quantitative estimate of drug-likeness (QED) is 0.730. The van der Waals surface area contributed by atoms with E-state index in [1.807, 2.05) is 13.8 Å². The summed E-state index contributed by atoms with van der Waals surface area (Å²) in [6, 6.07) is 0.143. The Morgan fingerprint density at radius 1 is 1.14 bits per heavy atom. The van der Waals surface area contributed by atoms with Gasteiger partial charge in [-0.25, -0.2) is 4.79 Å². The molecular weight excluding hydrogens is 358 g/mol. The average molecular weight is 392 g/mol. The third kappa shape index (κ3) is 5.36. The Bertz CT molecular complexity index is 728. The van der Waals surface area contributed by atoms with Crippen LogP contribution in [0.5, 0.6) is 0 Å². The Labute approximate surface area is 167 Å². The SMILES string of the molecule is Cc1[nH]c(C(=O)N2CCC(CC(=O)NC(C)C)CC2)c(C)c1C(=O)OC(C)C. The molecule has 0 bridgehead atoms. The largest absolute Gasteiger partial charge is 0.459 e. The minimum absolute atomic E-state index is 0.0731. The molecule has 2 amide bonds. The van der Waals surface area contributed by atoms with E-state index < -0.39 is 5.97 Å². The summed E-state index contributed by atoms with van der Waals surface area (Å²) in [7, 11) is 0. The number of hydrogen-bond acceptors (Lipinski definition) is 4. The summed E-state index contributed by atoms with van der Waals surface area (Å²) in [5.74, 6) is -0.140. The number of carbonyl (C=O) groups is 3. The Hall–Kier alpha value is -2.31. The standard InChI is InChI=1S/C21H33N3O4/c1-12(2)22-17(25)11-16-7-9-24(10-8-16)20(26)19-14(5)18(15(6)23-19)21(27)28-13(3)4/h12-13,16,23H,7-11H2,1-6H3,(H,22,25). The normalized spacial score (nSPS) is 15.2. The highest BCUT2D eigenvalue weighted by atomic mass is 16.5. The first-order valence-electron chi connectivity index (χ1n) is 10.1. The van der Waals surface area contributed by atoms with Crippen molar-refractivity contribution in [2.45, 2.75) is 73.0 Å². The lowest BCUT2D eigenvalue weighted by atomic mass is 9.93. The van der Waals surface area contributed by atoms with E-state index in [4.69, 9.17) is 4.74 Å². The molecule has 2 heterocycles. The van der Waals surface area contributed by atoms with Crippen LogP contribution in [0, 0.1) is 19.8 Å². The third-order valence-electron chi connectivity index (χ3n) is 5.02. The van der Waals surface area contributed by atoms with Gasteiger partial charge in [0.1, 0.15) is 5.69 Å². The maximum absolute atomic E-state index is 13.0. The molecule has 1 fully saturated rings. The molecule has 0 aromatic carbocycles. The molecule has 156 valence electrons. The second-order valence-corrected chi connectivity index (χ2v) is 8.24. The van der Waals surface area contributed by atoms with Crippen LogP contribution in [-0.4, -0.2) is 52.9 Å². The Morgan fingerprint density at radius 2 is 1.75 bits per heavy atom. The lowest BCUT2D eigenvalue weighted by Gasteiger charge is -2.31. The van der Waals surface area contributed by atoms with Crippen LogP contribution < -0.4 is 5.32 Å². The van der Waals surface area contributed by atoms with Crippen molar-refractivity contribution in [1.29, 1.82) is 0 Å². The van der Waals surface area contributed by atoms with E-state index in [0.717, 1.165) is 12.8 Å². The molecule has 0 atom stereocenters. The van der Waals surface area contributed by atoms with Crippen molar-refractivity contribution in [1.82, 2.24) is 15.2 Å². The number of amides is 2. The molecule has 7 heteroatoms. The number of likely N-dealkylation sites (tertiary alicyclic amines) is 1. The van der Waals surface area contributed by atoms with Gasteiger partial charge in [-0.3, -0.25) is 9.59 Å². The van der Waals surface area contributed by atoms with Crippen molar-refractivity contribution in [3.05, 3.63) is 22.5 Å². The number of hydrogen-bond donors (Lipinski definition) is 2. The monoisotopic (exact) mass is 391 g/mol. The number of aromatic nitrogens is 1. The fraction of sp³-hybridized carbons (Fsp3) is 0.667. The molecule has 0 unspecified atom stereocenters. The van der Waals surface area contributed by atoms with Crippen molar-refractivity contribution in [2.24, 2.45) is 5.92 Å². The van der Waals surface area contributed by atoms with Gasteiger partial charge in [-0.05, 0) is 65.9 Å². The van der Waals surface area contributed by atoms with Gasteiger partial charge in [0.2, 0.25) is 5.91 Å². The summed E-state index contributed by atoms with van der Waals surface area (Å²) in [5, 5.41) is 2.92. The number of esters is 1. The number of ether oxygens (including phenoxy) is 1. The smallest absolute Gasteiger partial charge is 0.340 e. The molecule has 0 spiro atoms. The zero-order valence-electron chi connectivity index (χ0n) is 17.8. The minimum atomic E-state index is -0.407. The second kappa shape index (κ2) is 9.26. The van der Waals surface area contributed by atoms with Gasteiger partial charge >= 0.3 is 5.97 Å². The van der Waals surface area contributed by atoms with Crippen LogP contribution in [0.3, 0.4) is 0 Å². The number of aryl methyl sites for hydroxylation is 1. The number of nitrogens with one attached hydrogen (secondary N) is 2. The zero-order chi connectivity index (χ0) is 21.0. The summed E-state index contributed by atoms with van der Waals surface area (Å²) in [4.78, 5) is 42.1. The van der Waals surface area contributed by atoms with Gasteiger partial charge in [0.05, 0.1) is 11.7 Å². The molecule has 2 rings (SSSR count). The summed E-state index contributed by atoms with van der Waals surface area (Å²) in [6.07, 6.45) is 1.90. The van der Waals surface area contributed by atoms with Gasteiger partial charge in [0.25, 0.3) is 5.91 Å². The van der Waals surface area contributed by atoms with Gasteiger partial charge in [0, 0.05) is 31.2 Å². The number of H-pyrrole nitrogens is 1. The van der Waals surface area contributed by atoms with Crippen molar-refractivity contribution < 1.29 is 19.1 Å². The molecule has 1 saturated heterocycles.